The van der Waals surface area contributed by atoms with Crippen LogP contribution in [0, 0.1) is 13.8 Å². The van der Waals surface area contributed by atoms with Crippen molar-refractivity contribution in [2.24, 2.45) is 0 Å². The second-order valence-electron chi connectivity index (χ2n) is 7.07. The summed E-state index contributed by atoms with van der Waals surface area (Å²) in [4.78, 5) is 25.3. The molecule has 0 fully saturated rings. The number of anilines is 1. The molecular formula is C22H19N7O2. The first kappa shape index (κ1) is 18.7. The van der Waals surface area contributed by atoms with Crippen molar-refractivity contribution in [1.82, 2.24) is 29.9 Å². The molecule has 0 aliphatic heterocycles. The highest BCUT2D eigenvalue weighted by atomic mass is 16.5. The van der Waals surface area contributed by atoms with E-state index >= 15 is 0 Å². The Morgan fingerprint density at radius 2 is 1.90 bits per heavy atom. The molecule has 0 aliphatic rings. The molecule has 0 saturated heterocycles. The highest BCUT2D eigenvalue weighted by Gasteiger charge is 2.19. The Morgan fingerprint density at radius 1 is 1.03 bits per heavy atom. The maximum atomic E-state index is 6.30. The van der Waals surface area contributed by atoms with Gasteiger partial charge in [0.05, 0.1) is 18.1 Å². The summed E-state index contributed by atoms with van der Waals surface area (Å²) < 4.78 is 11.7. The average Bonchev–Trinajstić information content (AvgIpc) is 3.21. The number of pyridine rings is 2. The van der Waals surface area contributed by atoms with E-state index in [0.717, 1.165) is 16.6 Å². The van der Waals surface area contributed by atoms with E-state index in [4.69, 9.17) is 20.2 Å². The third-order valence-electron chi connectivity index (χ3n) is 5.09. The van der Waals surface area contributed by atoms with Gasteiger partial charge in [0.1, 0.15) is 34.7 Å². The van der Waals surface area contributed by atoms with Crippen LogP contribution in [0.1, 0.15) is 11.1 Å². The molecular weight excluding hydrogens is 394 g/mol. The smallest absolute Gasteiger partial charge is 0.233 e. The Bertz CT molecular complexity index is 1410. The number of benzene rings is 1. The molecule has 1 aromatic carbocycles. The zero-order chi connectivity index (χ0) is 21.5. The van der Waals surface area contributed by atoms with E-state index < -0.39 is 0 Å². The molecule has 0 amide bonds. The quantitative estimate of drug-likeness (QED) is 0.453. The van der Waals surface area contributed by atoms with Crippen LogP contribution in [0.5, 0.6) is 17.4 Å². The second kappa shape index (κ2) is 7.21. The third kappa shape index (κ3) is 3.16. The highest BCUT2D eigenvalue weighted by molar-refractivity contribution is 5.94. The van der Waals surface area contributed by atoms with Gasteiger partial charge in [0.25, 0.3) is 0 Å². The van der Waals surface area contributed by atoms with E-state index in [1.807, 2.05) is 38.1 Å². The topological polar surface area (TPSA) is 125 Å². The molecule has 0 radical (unpaired) electrons. The number of imidazole rings is 1. The zero-order valence-electron chi connectivity index (χ0n) is 17.2. The lowest BCUT2D eigenvalue weighted by molar-refractivity contribution is 0.402. The first-order chi connectivity index (χ1) is 15.0. The van der Waals surface area contributed by atoms with Crippen LogP contribution in [0.2, 0.25) is 0 Å². The number of nitrogens with zero attached hydrogens (tertiary/aromatic N) is 5. The molecule has 0 spiro atoms. The number of aromatic nitrogens is 6. The van der Waals surface area contributed by atoms with Gasteiger partial charge in [0.15, 0.2) is 11.5 Å². The van der Waals surface area contributed by atoms with Gasteiger partial charge in [-0.15, -0.1) is 0 Å². The van der Waals surface area contributed by atoms with Gasteiger partial charge in [-0.25, -0.2) is 24.9 Å². The highest BCUT2D eigenvalue weighted by Crippen LogP contribution is 2.38. The Labute approximate surface area is 177 Å². The lowest BCUT2D eigenvalue weighted by Gasteiger charge is -2.16. The number of hydrogen-bond donors (Lipinski definition) is 2. The van der Waals surface area contributed by atoms with Gasteiger partial charge in [-0.05, 0) is 43.7 Å². The summed E-state index contributed by atoms with van der Waals surface area (Å²) in [5.74, 6) is 2.48. The van der Waals surface area contributed by atoms with Crippen molar-refractivity contribution in [3.8, 4) is 28.9 Å². The predicted molar refractivity (Wildman–Crippen MR) is 117 cm³/mol. The van der Waals surface area contributed by atoms with Crippen LogP contribution in [0.3, 0.4) is 0 Å². The maximum absolute atomic E-state index is 6.30. The first-order valence-electron chi connectivity index (χ1n) is 9.59. The lowest BCUT2D eigenvalue weighted by Crippen LogP contribution is -2.01. The van der Waals surface area contributed by atoms with Crippen molar-refractivity contribution in [2.45, 2.75) is 13.8 Å². The van der Waals surface area contributed by atoms with Crippen LogP contribution in [-0.2, 0) is 0 Å². The number of H-pyrrole nitrogens is 1. The number of methoxy groups -OCH3 is 1. The van der Waals surface area contributed by atoms with E-state index in [1.54, 1.807) is 19.4 Å². The van der Waals surface area contributed by atoms with Gasteiger partial charge in [-0.1, -0.05) is 6.07 Å². The van der Waals surface area contributed by atoms with Crippen LogP contribution in [0.4, 0.5) is 5.82 Å². The molecule has 0 bridgehead atoms. The number of aromatic amines is 1. The van der Waals surface area contributed by atoms with Crippen molar-refractivity contribution >= 4 is 27.9 Å². The second-order valence-corrected chi connectivity index (χ2v) is 7.07. The fourth-order valence-electron chi connectivity index (χ4n) is 3.51. The van der Waals surface area contributed by atoms with Gasteiger partial charge < -0.3 is 20.2 Å². The van der Waals surface area contributed by atoms with Crippen molar-refractivity contribution in [1.29, 1.82) is 0 Å². The molecule has 5 rings (SSSR count). The molecule has 4 heterocycles. The number of ether oxygens (including phenoxy) is 2. The summed E-state index contributed by atoms with van der Waals surface area (Å²) in [5.41, 5.74) is 10.5. The molecule has 0 aliphatic carbocycles. The number of rotatable bonds is 4. The molecule has 3 N–H and O–H groups in total. The Kier molecular flexibility index (Phi) is 4.36. The van der Waals surface area contributed by atoms with Crippen molar-refractivity contribution in [3.63, 3.8) is 0 Å². The van der Waals surface area contributed by atoms with Gasteiger partial charge in [0, 0.05) is 11.8 Å². The van der Waals surface area contributed by atoms with E-state index in [0.29, 0.717) is 45.4 Å². The Balaban J connectivity index is 1.72. The van der Waals surface area contributed by atoms with Crippen LogP contribution < -0.4 is 15.2 Å². The third-order valence-corrected chi connectivity index (χ3v) is 5.09. The first-order valence-corrected chi connectivity index (χ1v) is 9.59. The summed E-state index contributed by atoms with van der Waals surface area (Å²) >= 11 is 0. The molecule has 5 aromatic rings. The number of nitrogens with two attached hydrogens (primary N) is 1. The van der Waals surface area contributed by atoms with Crippen LogP contribution in [-0.4, -0.2) is 37.0 Å². The molecule has 4 aromatic heterocycles. The fraction of sp³-hybridized carbons (Fsp3) is 0.136. The van der Waals surface area contributed by atoms with E-state index in [-0.39, 0.29) is 5.82 Å². The number of nitrogens with one attached hydrogen (secondary N) is 1. The summed E-state index contributed by atoms with van der Waals surface area (Å²) in [6.07, 6.45) is 3.10. The predicted octanol–water partition coefficient (Wildman–Crippen LogP) is 3.96. The number of aryl methyl sites for hydroxylation is 1. The number of nitrogen functional groups attached to an aromatic ring is 1. The average molecular weight is 413 g/mol. The minimum Gasteiger partial charge on any atom is -0.496 e. The monoisotopic (exact) mass is 413 g/mol. The van der Waals surface area contributed by atoms with Gasteiger partial charge in [0.2, 0.25) is 5.88 Å². The largest absolute Gasteiger partial charge is 0.496 e. The molecule has 0 saturated carbocycles. The summed E-state index contributed by atoms with van der Waals surface area (Å²) in [7, 11) is 1.62. The summed E-state index contributed by atoms with van der Waals surface area (Å²) in [6.45, 7) is 3.89. The normalized spacial score (nSPS) is 11.2. The molecule has 9 heteroatoms. The minimum absolute atomic E-state index is 0.281. The summed E-state index contributed by atoms with van der Waals surface area (Å²) in [5, 5.41) is 0.530. The van der Waals surface area contributed by atoms with Crippen LogP contribution >= 0.6 is 0 Å². The van der Waals surface area contributed by atoms with Gasteiger partial charge in [-0.2, -0.15) is 0 Å². The molecule has 9 nitrogen and oxygen atoms in total. The van der Waals surface area contributed by atoms with E-state index in [9.17, 15) is 0 Å². The fourth-order valence-corrected chi connectivity index (χ4v) is 3.51. The zero-order valence-corrected chi connectivity index (χ0v) is 17.2. The van der Waals surface area contributed by atoms with Crippen molar-refractivity contribution in [2.75, 3.05) is 12.8 Å². The SMILES string of the molecule is COc1ccc(C)c(Oc2nc(-c3nc4ncccc4[nH]3)cc3ncnc(N)c23)c1C. The Morgan fingerprint density at radius 3 is 2.71 bits per heavy atom. The van der Waals surface area contributed by atoms with Crippen LogP contribution in [0.15, 0.2) is 42.9 Å². The number of hydrogen-bond acceptors (Lipinski definition) is 8. The van der Waals surface area contributed by atoms with Crippen molar-refractivity contribution < 1.29 is 9.47 Å². The standard InChI is InChI=1S/C22H19N7O2/c1-11-6-7-16(30-3)12(2)18(11)31-22-17-14(25-10-26-19(17)23)9-15(28-22)21-27-13-5-4-8-24-20(13)29-21/h4-10H,1-3H3,(H2,23,25,26)(H,24,27,29). The van der Waals surface area contributed by atoms with Crippen molar-refractivity contribution in [3.05, 3.63) is 54.0 Å². The minimum atomic E-state index is 0.281. The van der Waals surface area contributed by atoms with Gasteiger partial charge in [-0.3, -0.25) is 0 Å². The maximum Gasteiger partial charge on any atom is 0.233 e. The Hall–Kier alpha value is -4.27. The van der Waals surface area contributed by atoms with E-state index in [1.165, 1.54) is 6.33 Å². The van der Waals surface area contributed by atoms with E-state index in [2.05, 4.69) is 24.9 Å². The van der Waals surface area contributed by atoms with Crippen LogP contribution in [0.25, 0.3) is 33.6 Å². The molecule has 31 heavy (non-hydrogen) atoms. The van der Waals surface area contributed by atoms with Gasteiger partial charge >= 0.3 is 0 Å². The molecule has 0 unspecified atom stereocenters. The summed E-state index contributed by atoms with van der Waals surface area (Å²) in [6, 6.07) is 9.37. The number of fused-ring (bicyclic) bond motifs is 2. The molecule has 0 atom stereocenters. The molecule has 154 valence electrons. The lowest BCUT2D eigenvalue weighted by atomic mass is 10.1.